The molecule has 0 aliphatic carbocycles. The van der Waals surface area contributed by atoms with Gasteiger partial charge in [0.1, 0.15) is 5.01 Å². The molecule has 2 atom stereocenters. The molecular formula is C15H13N3O2S. The summed E-state index contributed by atoms with van der Waals surface area (Å²) in [5, 5.41) is 9.89. The van der Waals surface area contributed by atoms with Gasteiger partial charge in [0.05, 0.1) is 22.3 Å². The van der Waals surface area contributed by atoms with E-state index < -0.39 is 12.0 Å². The maximum Gasteiger partial charge on any atom is 0.223 e. The molecule has 0 bridgehead atoms. The van der Waals surface area contributed by atoms with Crippen molar-refractivity contribution in [1.82, 2.24) is 9.88 Å². The summed E-state index contributed by atoms with van der Waals surface area (Å²) >= 11 is 1.36. The van der Waals surface area contributed by atoms with Crippen LogP contribution in [0.1, 0.15) is 23.8 Å². The number of likely N-dealkylation sites (N-methyl/N-ethyl adjacent to an activating group) is 1. The summed E-state index contributed by atoms with van der Waals surface area (Å²) in [6, 6.07) is 9.10. The molecule has 1 aliphatic heterocycles. The minimum absolute atomic E-state index is 0.0469. The Balaban J connectivity index is 1.93. The highest BCUT2D eigenvalue weighted by atomic mass is 32.1. The number of carbonyl (C=O) groups excluding carboxylic acids is 2. The van der Waals surface area contributed by atoms with E-state index in [4.69, 9.17) is 0 Å². The van der Waals surface area contributed by atoms with E-state index in [1.165, 1.54) is 16.2 Å². The number of benzene rings is 1. The van der Waals surface area contributed by atoms with E-state index in [1.54, 1.807) is 7.05 Å². The van der Waals surface area contributed by atoms with E-state index in [0.29, 0.717) is 17.8 Å². The molecule has 0 N–H and O–H groups in total. The number of nitriles is 1. The molecule has 1 saturated heterocycles. The molecule has 1 aromatic heterocycles. The molecule has 21 heavy (non-hydrogen) atoms. The molecule has 2 aromatic rings. The van der Waals surface area contributed by atoms with Gasteiger partial charge in [0.15, 0.2) is 11.7 Å². The monoisotopic (exact) mass is 299 g/mol. The Labute approximate surface area is 125 Å². The molecule has 0 spiro atoms. The highest BCUT2D eigenvalue weighted by Gasteiger charge is 2.38. The van der Waals surface area contributed by atoms with E-state index in [-0.39, 0.29) is 11.7 Å². The SMILES string of the molecule is CN1C(=O)CC[C@@H]1C(=O)[C@H](C#N)c1nc2ccccc2s1. The molecule has 2 heterocycles. The van der Waals surface area contributed by atoms with Crippen LogP contribution in [-0.2, 0) is 9.59 Å². The highest BCUT2D eigenvalue weighted by molar-refractivity contribution is 7.18. The van der Waals surface area contributed by atoms with Gasteiger partial charge in [-0.05, 0) is 18.6 Å². The molecule has 1 fully saturated rings. The van der Waals surface area contributed by atoms with Crippen LogP contribution < -0.4 is 0 Å². The predicted octanol–water partition coefficient (Wildman–Crippen LogP) is 2.09. The highest BCUT2D eigenvalue weighted by Crippen LogP contribution is 2.30. The van der Waals surface area contributed by atoms with Crippen molar-refractivity contribution in [2.24, 2.45) is 0 Å². The van der Waals surface area contributed by atoms with Crippen LogP contribution in [0, 0.1) is 11.3 Å². The average Bonchev–Trinajstić information content (AvgIpc) is 3.04. The number of amides is 1. The van der Waals surface area contributed by atoms with E-state index >= 15 is 0 Å². The fourth-order valence-corrected chi connectivity index (χ4v) is 3.60. The first kappa shape index (κ1) is 13.7. The Morgan fingerprint density at radius 2 is 2.29 bits per heavy atom. The van der Waals surface area contributed by atoms with Gasteiger partial charge in [0.2, 0.25) is 5.91 Å². The molecule has 6 heteroatoms. The Bertz CT molecular complexity index is 729. The average molecular weight is 299 g/mol. The van der Waals surface area contributed by atoms with Crippen molar-refractivity contribution in [2.75, 3.05) is 7.05 Å². The topological polar surface area (TPSA) is 74.1 Å². The van der Waals surface area contributed by atoms with Gasteiger partial charge in [0.25, 0.3) is 0 Å². The third-order valence-electron chi connectivity index (χ3n) is 3.79. The lowest BCUT2D eigenvalue weighted by molar-refractivity contribution is -0.133. The zero-order valence-corrected chi connectivity index (χ0v) is 12.3. The van der Waals surface area contributed by atoms with E-state index in [0.717, 1.165) is 10.2 Å². The van der Waals surface area contributed by atoms with Gasteiger partial charge in [-0.3, -0.25) is 9.59 Å². The van der Waals surface area contributed by atoms with Crippen molar-refractivity contribution < 1.29 is 9.59 Å². The maximum absolute atomic E-state index is 12.6. The predicted molar refractivity (Wildman–Crippen MR) is 78.8 cm³/mol. The number of para-hydroxylation sites is 1. The van der Waals surface area contributed by atoms with Crippen molar-refractivity contribution >= 4 is 33.2 Å². The number of rotatable bonds is 3. The molecule has 5 nitrogen and oxygen atoms in total. The number of carbonyl (C=O) groups is 2. The van der Waals surface area contributed by atoms with E-state index in [2.05, 4.69) is 11.1 Å². The summed E-state index contributed by atoms with van der Waals surface area (Å²) in [6.45, 7) is 0. The zero-order valence-electron chi connectivity index (χ0n) is 11.4. The molecular weight excluding hydrogens is 286 g/mol. The molecule has 106 valence electrons. The molecule has 1 aromatic carbocycles. The van der Waals surface area contributed by atoms with Gasteiger partial charge in [0, 0.05) is 13.5 Å². The van der Waals surface area contributed by atoms with Crippen molar-refractivity contribution in [1.29, 1.82) is 5.26 Å². The fraction of sp³-hybridized carbons (Fsp3) is 0.333. The third-order valence-corrected chi connectivity index (χ3v) is 4.89. The lowest BCUT2D eigenvalue weighted by Crippen LogP contribution is -2.37. The first-order valence-corrected chi connectivity index (χ1v) is 7.48. The number of fused-ring (bicyclic) bond motifs is 1. The molecule has 3 rings (SSSR count). The summed E-state index contributed by atoms with van der Waals surface area (Å²) in [6.07, 6.45) is 0.849. The lowest BCUT2D eigenvalue weighted by Gasteiger charge is -2.19. The first-order chi connectivity index (χ1) is 10.1. The molecule has 0 radical (unpaired) electrons. The third kappa shape index (κ3) is 2.30. The summed E-state index contributed by atoms with van der Waals surface area (Å²) in [7, 11) is 1.62. The van der Waals surface area contributed by atoms with Crippen LogP contribution in [-0.4, -0.2) is 34.7 Å². The zero-order chi connectivity index (χ0) is 15.0. The number of likely N-dealkylation sites (tertiary alicyclic amines) is 1. The standard InChI is InChI=1S/C15H13N3O2S/c1-18-11(6-7-13(18)19)14(20)9(8-16)15-17-10-4-2-3-5-12(10)21-15/h2-5,9,11H,6-7H2,1H3/t9-,11+/m0/s1. The van der Waals surface area contributed by atoms with Gasteiger partial charge < -0.3 is 4.90 Å². The quantitative estimate of drug-likeness (QED) is 0.870. The van der Waals surface area contributed by atoms with Crippen molar-refractivity contribution in [2.45, 2.75) is 24.8 Å². The van der Waals surface area contributed by atoms with Gasteiger partial charge in [-0.1, -0.05) is 12.1 Å². The van der Waals surface area contributed by atoms with Crippen LogP contribution in [0.15, 0.2) is 24.3 Å². The normalized spacial score (nSPS) is 19.7. The van der Waals surface area contributed by atoms with Crippen LogP contribution in [0.5, 0.6) is 0 Å². The number of ketones is 1. The molecule has 0 saturated carbocycles. The van der Waals surface area contributed by atoms with Crippen LogP contribution >= 0.6 is 11.3 Å². The smallest absolute Gasteiger partial charge is 0.223 e. The number of Topliss-reactive ketones (excluding diaryl/α,β-unsaturated/α-hetero) is 1. The molecule has 1 amide bonds. The van der Waals surface area contributed by atoms with E-state index in [9.17, 15) is 14.9 Å². The van der Waals surface area contributed by atoms with Gasteiger partial charge in [-0.25, -0.2) is 4.98 Å². The minimum atomic E-state index is -0.902. The molecule has 0 unspecified atom stereocenters. The second kappa shape index (κ2) is 5.26. The number of nitrogens with zero attached hydrogens (tertiary/aromatic N) is 3. The Kier molecular flexibility index (Phi) is 3.43. The van der Waals surface area contributed by atoms with Crippen LogP contribution in [0.4, 0.5) is 0 Å². The van der Waals surface area contributed by atoms with Crippen molar-refractivity contribution in [3.63, 3.8) is 0 Å². The van der Waals surface area contributed by atoms with E-state index in [1.807, 2.05) is 24.3 Å². The van der Waals surface area contributed by atoms with Gasteiger partial charge in [-0.15, -0.1) is 11.3 Å². The first-order valence-electron chi connectivity index (χ1n) is 6.66. The number of thiazole rings is 1. The summed E-state index contributed by atoms with van der Waals surface area (Å²) < 4.78 is 0.955. The van der Waals surface area contributed by atoms with Crippen molar-refractivity contribution in [3.05, 3.63) is 29.3 Å². The van der Waals surface area contributed by atoms with Gasteiger partial charge >= 0.3 is 0 Å². The Morgan fingerprint density at radius 3 is 2.90 bits per heavy atom. The number of hydrogen-bond donors (Lipinski definition) is 0. The summed E-state index contributed by atoms with van der Waals surface area (Å²) in [5.41, 5.74) is 0.793. The van der Waals surface area contributed by atoms with Crippen LogP contribution in [0.3, 0.4) is 0 Å². The Morgan fingerprint density at radius 1 is 1.52 bits per heavy atom. The largest absolute Gasteiger partial charge is 0.336 e. The fourth-order valence-electron chi connectivity index (χ4n) is 2.58. The second-order valence-corrected chi connectivity index (χ2v) is 6.11. The number of hydrogen-bond acceptors (Lipinski definition) is 5. The summed E-state index contributed by atoms with van der Waals surface area (Å²) in [4.78, 5) is 30.0. The maximum atomic E-state index is 12.6. The minimum Gasteiger partial charge on any atom is -0.336 e. The van der Waals surface area contributed by atoms with Crippen LogP contribution in [0.2, 0.25) is 0 Å². The van der Waals surface area contributed by atoms with Gasteiger partial charge in [-0.2, -0.15) is 5.26 Å². The molecule has 1 aliphatic rings. The Hall–Kier alpha value is -2.26. The lowest BCUT2D eigenvalue weighted by atomic mass is 9.98. The second-order valence-electron chi connectivity index (χ2n) is 5.04. The van der Waals surface area contributed by atoms with Crippen molar-refractivity contribution in [3.8, 4) is 6.07 Å². The van der Waals surface area contributed by atoms with Crippen LogP contribution in [0.25, 0.3) is 10.2 Å². The number of aromatic nitrogens is 1. The summed E-state index contributed by atoms with van der Waals surface area (Å²) in [5.74, 6) is -1.18.